The summed E-state index contributed by atoms with van der Waals surface area (Å²) in [7, 11) is 4.45. The minimum atomic E-state index is -0.981. The largest absolute Gasteiger partial charge is 0.493 e. The van der Waals surface area contributed by atoms with Crippen molar-refractivity contribution >= 4 is 52.4 Å². The monoisotopic (exact) mass is 1220 g/mol. The zero-order valence-corrected chi connectivity index (χ0v) is 51.6. The molecule has 0 saturated heterocycles. The van der Waals surface area contributed by atoms with Crippen molar-refractivity contribution in [1.29, 1.82) is 0 Å². The summed E-state index contributed by atoms with van der Waals surface area (Å²) in [6.45, 7) is 14.4. The maximum absolute atomic E-state index is 13.5. The molecule has 462 valence electrons. The van der Waals surface area contributed by atoms with Gasteiger partial charge in [0.05, 0.1) is 70.5 Å². The molecule has 8 aromatic rings. The van der Waals surface area contributed by atoms with Crippen molar-refractivity contribution in [1.82, 2.24) is 0 Å². The van der Waals surface area contributed by atoms with E-state index >= 15 is 0 Å². The fourth-order valence-electron chi connectivity index (χ4n) is 14.3. The van der Waals surface area contributed by atoms with Gasteiger partial charge in [-0.05, 0) is 142 Å². The van der Waals surface area contributed by atoms with Crippen molar-refractivity contribution in [3.63, 3.8) is 0 Å². The van der Waals surface area contributed by atoms with Gasteiger partial charge in [0, 0.05) is 71.6 Å². The van der Waals surface area contributed by atoms with Gasteiger partial charge in [0.15, 0.2) is 34.5 Å². The Balaban J connectivity index is 0.000000194. The Morgan fingerprint density at radius 1 is 0.407 bits per heavy atom. The number of hydrogen-bond donors (Lipinski definition) is 0. The number of hydrogen-bond acceptors (Lipinski definition) is 15. The number of nitro groups is 3. The van der Waals surface area contributed by atoms with Gasteiger partial charge in [-0.3, -0.25) is 30.3 Å². The number of methoxy groups -OCH3 is 3. The molecule has 6 heterocycles. The van der Waals surface area contributed by atoms with E-state index in [4.69, 9.17) is 28.4 Å². The normalized spacial score (nSPS) is 20.6. The van der Waals surface area contributed by atoms with Crippen LogP contribution in [0.15, 0.2) is 176 Å². The van der Waals surface area contributed by atoms with Gasteiger partial charge in [0.2, 0.25) is 17.2 Å². The van der Waals surface area contributed by atoms with Crippen molar-refractivity contribution in [2.24, 2.45) is 0 Å². The van der Waals surface area contributed by atoms with E-state index in [1.165, 1.54) is 69.9 Å². The summed E-state index contributed by atoms with van der Waals surface area (Å²) in [5.74, 6) is 1.98. The van der Waals surface area contributed by atoms with Gasteiger partial charge in [-0.2, -0.15) is 0 Å². The van der Waals surface area contributed by atoms with Crippen LogP contribution in [-0.4, -0.2) is 53.3 Å². The molecule has 0 radical (unpaired) electrons. The van der Waals surface area contributed by atoms with Crippen LogP contribution in [0.3, 0.4) is 0 Å². The number of fused-ring (bicyclic) bond motifs is 6. The fraction of sp³-hybridized carbons (Fsp3) is 0.250. The molecule has 0 amide bonds. The maximum Gasteiger partial charge on any atom is 0.274 e. The first-order chi connectivity index (χ1) is 43.5. The minimum Gasteiger partial charge on any atom is -0.493 e. The number of anilines is 3. The third-order valence-electron chi connectivity index (χ3n) is 19.2. The lowest BCUT2D eigenvalue weighted by Gasteiger charge is -2.47. The first-order valence-electron chi connectivity index (χ1n) is 29.7. The molecular weight excluding hydrogens is 1160 g/mol. The van der Waals surface area contributed by atoms with Crippen molar-refractivity contribution in [2.45, 2.75) is 94.6 Å². The molecule has 0 saturated carbocycles. The topological polar surface area (TPSA) is 195 Å². The van der Waals surface area contributed by atoms with Crippen LogP contribution in [0.25, 0.3) is 18.2 Å². The van der Waals surface area contributed by atoms with E-state index in [0.29, 0.717) is 70.8 Å². The van der Waals surface area contributed by atoms with Crippen LogP contribution in [-0.2, 0) is 35.9 Å². The highest BCUT2D eigenvalue weighted by atomic mass is 19.1. The van der Waals surface area contributed by atoms with Gasteiger partial charge in [0.1, 0.15) is 5.82 Å². The Morgan fingerprint density at radius 3 is 0.934 bits per heavy atom. The highest BCUT2D eigenvalue weighted by Gasteiger charge is 2.62. The van der Waals surface area contributed by atoms with E-state index in [1.807, 2.05) is 72.9 Å². The number of non-ortho nitro benzene ring substituents is 3. The molecule has 3 spiro atoms. The highest BCUT2D eigenvalue weighted by molar-refractivity contribution is 5.79. The van der Waals surface area contributed by atoms with Crippen LogP contribution in [0, 0.1) is 36.2 Å². The Kier molecular flexibility index (Phi) is 14.0. The van der Waals surface area contributed by atoms with Crippen LogP contribution in [0.5, 0.6) is 34.5 Å². The second-order valence-corrected chi connectivity index (χ2v) is 25.0. The van der Waals surface area contributed by atoms with Crippen molar-refractivity contribution in [3.8, 4) is 34.5 Å². The Bertz CT molecular complexity index is 4230. The first-order valence-corrected chi connectivity index (χ1v) is 29.7. The van der Waals surface area contributed by atoms with Gasteiger partial charge in [-0.25, -0.2) is 4.39 Å². The smallest absolute Gasteiger partial charge is 0.274 e. The predicted octanol–water partition coefficient (Wildman–Crippen LogP) is 15.6. The summed E-state index contributed by atoms with van der Waals surface area (Å²) in [4.78, 5) is 40.2. The van der Waals surface area contributed by atoms with Gasteiger partial charge >= 0.3 is 0 Å². The summed E-state index contributed by atoms with van der Waals surface area (Å²) >= 11 is 0. The molecule has 6 aliphatic heterocycles. The molecule has 0 bridgehead atoms. The number of halogens is 1. The Morgan fingerprint density at radius 2 is 0.670 bits per heavy atom. The van der Waals surface area contributed by atoms with Crippen LogP contribution >= 0.6 is 0 Å². The number of ether oxygens (including phenoxy) is 6. The van der Waals surface area contributed by atoms with Crippen LogP contribution in [0.2, 0.25) is 0 Å². The van der Waals surface area contributed by atoms with Crippen molar-refractivity contribution in [2.75, 3.05) is 36.0 Å². The summed E-state index contributed by atoms with van der Waals surface area (Å²) < 4.78 is 51.2. The van der Waals surface area contributed by atoms with E-state index in [-0.39, 0.29) is 22.9 Å². The second-order valence-electron chi connectivity index (χ2n) is 25.0. The third kappa shape index (κ3) is 9.09. The molecule has 0 N–H and O–H groups in total. The highest BCUT2D eigenvalue weighted by Crippen LogP contribution is 2.61. The van der Waals surface area contributed by atoms with E-state index in [2.05, 4.69) is 117 Å². The fourth-order valence-corrected chi connectivity index (χ4v) is 14.3. The number of nitro benzene ring substituents is 3. The lowest BCUT2D eigenvalue weighted by atomic mass is 9.76. The predicted molar refractivity (Wildman–Crippen MR) is 346 cm³/mol. The Hall–Kier alpha value is -10.7. The minimum absolute atomic E-state index is 0.0630. The van der Waals surface area contributed by atoms with E-state index < -0.39 is 48.2 Å². The average Bonchev–Trinajstić information content (AvgIpc) is 1.57. The number of para-hydroxylation sites is 3. The Labute approximate surface area is 525 Å². The molecule has 14 rings (SSSR count). The third-order valence-corrected chi connectivity index (χ3v) is 19.2. The molecule has 6 aliphatic rings. The summed E-state index contributed by atoms with van der Waals surface area (Å²) in [6, 6.07) is 48.4. The molecule has 0 fully saturated rings. The van der Waals surface area contributed by atoms with Crippen molar-refractivity contribution in [3.05, 3.63) is 262 Å². The van der Waals surface area contributed by atoms with Gasteiger partial charge in [-0.1, -0.05) is 91.0 Å². The zero-order chi connectivity index (χ0) is 64.2. The quantitative estimate of drug-likeness (QED) is 0.0827. The first kappa shape index (κ1) is 59.3. The lowest BCUT2D eigenvalue weighted by molar-refractivity contribution is -0.385. The van der Waals surface area contributed by atoms with Gasteiger partial charge < -0.3 is 43.1 Å². The second kappa shape index (κ2) is 21.5. The van der Waals surface area contributed by atoms with Crippen LogP contribution in [0.1, 0.15) is 91.6 Å². The molecule has 18 nitrogen and oxygen atoms in total. The lowest BCUT2D eigenvalue weighted by Crippen LogP contribution is -2.59. The maximum atomic E-state index is 13.5. The molecule has 19 heteroatoms. The van der Waals surface area contributed by atoms with E-state index in [0.717, 1.165) is 50.4 Å². The summed E-state index contributed by atoms with van der Waals surface area (Å²) in [5.41, 5.74) is 6.58. The van der Waals surface area contributed by atoms with E-state index in [1.54, 1.807) is 12.1 Å². The number of benzene rings is 8. The molecular formula is C72H65FN6O12. The SMILES string of the molecule is COc1cc([N+](=O)[O-])cc2c1OC1(C=C2)N(Cc2ccc(CN3c4ccccc4C(C)(C)C34C=Cc3cc([N+](=O)[O-])cc(OC)c3O4)cc2)c2ccccc2C1(C)C.COc1cc([N+](=O)[O-])cc2c1OC1(C=C2)N(Cc2ccc(F)cc2)c2ccccc2C1(C)C. The summed E-state index contributed by atoms with van der Waals surface area (Å²) in [6.07, 6.45) is 11.7. The summed E-state index contributed by atoms with van der Waals surface area (Å²) in [5, 5.41) is 34.9. The zero-order valence-electron chi connectivity index (χ0n) is 51.6. The molecule has 3 atom stereocenters. The molecule has 91 heavy (non-hydrogen) atoms. The molecule has 3 unspecified atom stereocenters. The van der Waals surface area contributed by atoms with E-state index in [9.17, 15) is 34.7 Å². The standard InChI is InChI=1S/C46H42N4O8.C26H23FN2O4/c1-43(2)35-11-7-9-13-37(35)47(45(43)21-19-31-23-33(49(51)52)25-39(55-5)41(31)57-45)27-29-15-17-30(18-16-29)28-48-38-14-10-8-12-36(38)44(3,4)46(48)22-20-32-24-34(50(53)54)26-40(56-6)42(32)58-46;1-25(2)21-6-4-5-7-22(21)28(16-17-8-10-19(27)11-9-17)26(25)13-12-18-14-20(29(30)31)15-23(32-3)24(18)33-26/h7-26H,27-28H2,1-6H3;4-15H,16H2,1-3H3. The molecule has 8 aromatic carbocycles. The van der Waals surface area contributed by atoms with Crippen LogP contribution < -0.4 is 43.1 Å². The molecule has 0 aliphatic carbocycles. The number of rotatable bonds is 12. The van der Waals surface area contributed by atoms with Gasteiger partial charge in [0.25, 0.3) is 17.1 Å². The average molecular weight is 1230 g/mol. The van der Waals surface area contributed by atoms with Crippen LogP contribution in [0.4, 0.5) is 38.5 Å². The molecule has 0 aromatic heterocycles. The van der Waals surface area contributed by atoms with Crippen molar-refractivity contribution < 1.29 is 47.6 Å². The van der Waals surface area contributed by atoms with Gasteiger partial charge in [-0.15, -0.1) is 0 Å². The number of nitrogens with zero attached hydrogens (tertiary/aromatic N) is 6.